The van der Waals surface area contributed by atoms with Crippen molar-refractivity contribution in [2.24, 2.45) is 17.6 Å². The number of ether oxygens (including phenoxy) is 1. The Morgan fingerprint density at radius 1 is 1.42 bits per heavy atom. The molecule has 2 heteroatoms. The highest BCUT2D eigenvalue weighted by Crippen LogP contribution is 2.43. The summed E-state index contributed by atoms with van der Waals surface area (Å²) in [5.74, 6) is 1.49. The molecule has 0 spiro atoms. The summed E-state index contributed by atoms with van der Waals surface area (Å²) in [7, 11) is 0. The quantitative estimate of drug-likeness (QED) is 0.646. The van der Waals surface area contributed by atoms with Crippen molar-refractivity contribution < 1.29 is 4.74 Å². The molecule has 0 aromatic carbocycles. The van der Waals surface area contributed by atoms with E-state index in [1.54, 1.807) is 0 Å². The summed E-state index contributed by atoms with van der Waals surface area (Å²) < 4.78 is 5.46. The zero-order chi connectivity index (χ0) is 8.60. The smallest absolute Gasteiger partial charge is 0.0511 e. The average Bonchev–Trinajstić information content (AvgIpc) is 2.04. The van der Waals surface area contributed by atoms with Crippen molar-refractivity contribution in [1.82, 2.24) is 0 Å². The second kappa shape index (κ2) is 3.00. The maximum absolute atomic E-state index is 6.29. The summed E-state index contributed by atoms with van der Waals surface area (Å²) in [6.45, 7) is 4.14. The van der Waals surface area contributed by atoms with E-state index in [4.69, 9.17) is 10.5 Å². The monoisotopic (exact) mass is 169 g/mol. The third-order valence-electron chi connectivity index (χ3n) is 3.43. The van der Waals surface area contributed by atoms with Crippen molar-refractivity contribution in [2.75, 3.05) is 13.2 Å². The predicted octanol–water partition coefficient (Wildman–Crippen LogP) is 1.54. The molecule has 1 unspecified atom stereocenters. The minimum absolute atomic E-state index is 0.139. The third kappa shape index (κ3) is 1.38. The molecule has 12 heavy (non-hydrogen) atoms. The second-order valence-corrected chi connectivity index (χ2v) is 4.66. The van der Waals surface area contributed by atoms with Crippen LogP contribution < -0.4 is 5.73 Å². The van der Waals surface area contributed by atoms with Crippen LogP contribution in [0.25, 0.3) is 0 Å². The number of rotatable bonds is 1. The van der Waals surface area contributed by atoms with Crippen LogP contribution in [0.15, 0.2) is 0 Å². The lowest BCUT2D eigenvalue weighted by molar-refractivity contribution is -0.0185. The lowest BCUT2D eigenvalue weighted by Crippen LogP contribution is -2.58. The fourth-order valence-corrected chi connectivity index (χ4v) is 2.77. The van der Waals surface area contributed by atoms with Gasteiger partial charge in [0.2, 0.25) is 0 Å². The van der Waals surface area contributed by atoms with E-state index >= 15 is 0 Å². The molecule has 1 aliphatic heterocycles. The molecule has 2 fully saturated rings. The van der Waals surface area contributed by atoms with Gasteiger partial charge in [0.05, 0.1) is 6.61 Å². The predicted molar refractivity (Wildman–Crippen MR) is 48.9 cm³/mol. The van der Waals surface area contributed by atoms with Crippen molar-refractivity contribution in [1.29, 1.82) is 0 Å². The first-order valence-electron chi connectivity index (χ1n) is 5.07. The van der Waals surface area contributed by atoms with Crippen LogP contribution >= 0.6 is 0 Å². The largest absolute Gasteiger partial charge is 0.381 e. The van der Waals surface area contributed by atoms with Crippen LogP contribution in [0.5, 0.6) is 0 Å². The van der Waals surface area contributed by atoms with Crippen LogP contribution in [-0.4, -0.2) is 18.8 Å². The summed E-state index contributed by atoms with van der Waals surface area (Å²) in [6, 6.07) is 0. The van der Waals surface area contributed by atoms with Gasteiger partial charge in [-0.3, -0.25) is 0 Å². The molecule has 0 aromatic heterocycles. The Kier molecular flexibility index (Phi) is 2.13. The van der Waals surface area contributed by atoms with Gasteiger partial charge < -0.3 is 10.5 Å². The Hall–Kier alpha value is -0.0800. The lowest BCUT2D eigenvalue weighted by Gasteiger charge is -2.50. The van der Waals surface area contributed by atoms with Gasteiger partial charge in [-0.1, -0.05) is 6.92 Å². The zero-order valence-electron chi connectivity index (χ0n) is 7.88. The fraction of sp³-hybridized carbons (Fsp3) is 1.00. The molecule has 1 heterocycles. The second-order valence-electron chi connectivity index (χ2n) is 4.66. The zero-order valence-corrected chi connectivity index (χ0v) is 7.88. The van der Waals surface area contributed by atoms with E-state index in [0.29, 0.717) is 5.92 Å². The lowest BCUT2D eigenvalue weighted by atomic mass is 9.62. The van der Waals surface area contributed by atoms with E-state index in [0.717, 1.165) is 19.1 Å². The van der Waals surface area contributed by atoms with E-state index in [1.807, 2.05) is 0 Å². The molecule has 0 radical (unpaired) electrons. The standard InChI is InChI=1S/C10H19NO/c1-8-5-10(11,6-8)9-3-2-4-12-7-9/h8-9H,2-7,11H2,1H3. The Morgan fingerprint density at radius 2 is 2.17 bits per heavy atom. The normalized spacial score (nSPS) is 48.5. The van der Waals surface area contributed by atoms with E-state index in [9.17, 15) is 0 Å². The van der Waals surface area contributed by atoms with Crippen molar-refractivity contribution in [3.63, 3.8) is 0 Å². The topological polar surface area (TPSA) is 35.2 Å². The highest BCUT2D eigenvalue weighted by atomic mass is 16.5. The molecule has 1 saturated carbocycles. The van der Waals surface area contributed by atoms with Crippen LogP contribution in [0.4, 0.5) is 0 Å². The first kappa shape index (κ1) is 8.52. The van der Waals surface area contributed by atoms with E-state index in [-0.39, 0.29) is 5.54 Å². The summed E-state index contributed by atoms with van der Waals surface area (Å²) in [5.41, 5.74) is 6.43. The SMILES string of the molecule is CC1CC(N)(C2CCCOC2)C1. The Bertz CT molecular complexity index is 157. The number of hydrogen-bond acceptors (Lipinski definition) is 2. The van der Waals surface area contributed by atoms with Crippen LogP contribution in [0.2, 0.25) is 0 Å². The van der Waals surface area contributed by atoms with Crippen LogP contribution in [0.3, 0.4) is 0 Å². The first-order valence-corrected chi connectivity index (χ1v) is 5.07. The van der Waals surface area contributed by atoms with Gasteiger partial charge in [-0.15, -0.1) is 0 Å². The maximum Gasteiger partial charge on any atom is 0.0511 e. The molecule has 0 bridgehead atoms. The minimum Gasteiger partial charge on any atom is -0.381 e. The van der Waals surface area contributed by atoms with Gasteiger partial charge in [0.25, 0.3) is 0 Å². The van der Waals surface area contributed by atoms with Crippen molar-refractivity contribution in [3.05, 3.63) is 0 Å². The van der Waals surface area contributed by atoms with Gasteiger partial charge in [-0.2, -0.15) is 0 Å². The van der Waals surface area contributed by atoms with Crippen LogP contribution in [0.1, 0.15) is 32.6 Å². The van der Waals surface area contributed by atoms with Gasteiger partial charge in [-0.05, 0) is 31.6 Å². The first-order chi connectivity index (χ1) is 5.71. The molecule has 0 aromatic rings. The Labute approximate surface area is 74.5 Å². The molecule has 2 N–H and O–H groups in total. The van der Waals surface area contributed by atoms with Crippen LogP contribution in [-0.2, 0) is 4.74 Å². The molecular formula is C10H19NO. The van der Waals surface area contributed by atoms with Gasteiger partial charge in [0.1, 0.15) is 0 Å². The molecule has 2 aliphatic rings. The Balaban J connectivity index is 1.90. The van der Waals surface area contributed by atoms with Crippen LogP contribution in [0, 0.1) is 11.8 Å². The van der Waals surface area contributed by atoms with Crippen molar-refractivity contribution in [3.8, 4) is 0 Å². The van der Waals surface area contributed by atoms with E-state index < -0.39 is 0 Å². The van der Waals surface area contributed by atoms with E-state index in [2.05, 4.69) is 6.92 Å². The fourth-order valence-electron chi connectivity index (χ4n) is 2.77. The molecule has 1 atom stereocenters. The van der Waals surface area contributed by atoms with Gasteiger partial charge in [0.15, 0.2) is 0 Å². The molecule has 2 rings (SSSR count). The average molecular weight is 169 g/mol. The minimum atomic E-state index is 0.139. The molecule has 1 saturated heterocycles. The molecule has 1 aliphatic carbocycles. The Morgan fingerprint density at radius 3 is 2.67 bits per heavy atom. The molecule has 2 nitrogen and oxygen atoms in total. The summed E-state index contributed by atoms with van der Waals surface area (Å²) in [4.78, 5) is 0. The highest BCUT2D eigenvalue weighted by Gasteiger charge is 2.44. The van der Waals surface area contributed by atoms with Crippen molar-refractivity contribution >= 4 is 0 Å². The van der Waals surface area contributed by atoms with E-state index in [1.165, 1.54) is 25.7 Å². The number of nitrogens with two attached hydrogens (primary N) is 1. The molecule has 0 amide bonds. The van der Waals surface area contributed by atoms with Gasteiger partial charge in [0, 0.05) is 18.1 Å². The molecule has 70 valence electrons. The van der Waals surface area contributed by atoms with Crippen molar-refractivity contribution in [2.45, 2.75) is 38.1 Å². The van der Waals surface area contributed by atoms with Gasteiger partial charge in [-0.25, -0.2) is 0 Å². The number of hydrogen-bond donors (Lipinski definition) is 1. The maximum atomic E-state index is 6.29. The summed E-state index contributed by atoms with van der Waals surface area (Å²) in [5, 5.41) is 0. The van der Waals surface area contributed by atoms with Gasteiger partial charge >= 0.3 is 0 Å². The third-order valence-corrected chi connectivity index (χ3v) is 3.43. The highest BCUT2D eigenvalue weighted by molar-refractivity contribution is 5.01. The summed E-state index contributed by atoms with van der Waals surface area (Å²) in [6.07, 6.45) is 4.91. The molecular weight excluding hydrogens is 150 g/mol. The summed E-state index contributed by atoms with van der Waals surface area (Å²) >= 11 is 0.